The minimum absolute atomic E-state index is 0.0888. The molecule has 6 nitrogen and oxygen atoms in total. The first-order valence-electron chi connectivity index (χ1n) is 7.81. The fourth-order valence-electron chi connectivity index (χ4n) is 2.55. The second-order valence-corrected chi connectivity index (χ2v) is 7.83. The molecule has 0 fully saturated rings. The van der Waals surface area contributed by atoms with Gasteiger partial charge in [0.1, 0.15) is 0 Å². The van der Waals surface area contributed by atoms with E-state index in [0.717, 1.165) is 5.69 Å². The van der Waals surface area contributed by atoms with Gasteiger partial charge in [-0.3, -0.25) is 19.1 Å². The van der Waals surface area contributed by atoms with Crippen LogP contribution in [0.15, 0.2) is 40.5 Å². The first kappa shape index (κ1) is 16.7. The highest BCUT2D eigenvalue weighted by Gasteiger charge is 2.29. The average molecular weight is 344 g/mol. The van der Waals surface area contributed by atoms with Gasteiger partial charge in [0.25, 0.3) is 5.56 Å². The van der Waals surface area contributed by atoms with Crippen LogP contribution in [0.5, 0.6) is 0 Å². The summed E-state index contributed by atoms with van der Waals surface area (Å²) in [5.41, 5.74) is 1.17. The summed E-state index contributed by atoms with van der Waals surface area (Å²) < 4.78 is 1.64. The Morgan fingerprint density at radius 3 is 2.92 bits per heavy atom. The largest absolute Gasteiger partial charge is 0.325 e. The molecule has 2 aromatic rings. The molecule has 0 aliphatic carbocycles. The zero-order valence-electron chi connectivity index (χ0n) is 13.9. The van der Waals surface area contributed by atoms with Crippen LogP contribution in [-0.4, -0.2) is 26.2 Å². The van der Waals surface area contributed by atoms with Crippen molar-refractivity contribution in [3.05, 3.63) is 46.6 Å². The Kier molecular flexibility index (Phi) is 4.45. The molecule has 1 amide bonds. The molecule has 7 heteroatoms. The number of hydrogen-bond donors (Lipinski definition) is 1. The summed E-state index contributed by atoms with van der Waals surface area (Å²) in [5, 5.41) is 3.51. The molecule has 24 heavy (non-hydrogen) atoms. The van der Waals surface area contributed by atoms with Crippen LogP contribution in [0.4, 0.5) is 5.69 Å². The number of carbonyl (C=O) groups is 1. The normalized spacial score (nSPS) is 16.7. The van der Waals surface area contributed by atoms with Crippen LogP contribution in [0.25, 0.3) is 0 Å². The second-order valence-electron chi connectivity index (χ2n) is 6.84. The van der Waals surface area contributed by atoms with E-state index in [2.05, 4.69) is 15.3 Å². The molecule has 1 aliphatic heterocycles. The van der Waals surface area contributed by atoms with E-state index in [0.29, 0.717) is 16.6 Å². The number of fused-ring (bicyclic) bond motifs is 1. The summed E-state index contributed by atoms with van der Waals surface area (Å²) in [6.45, 7) is 6.10. The molecule has 2 aromatic heterocycles. The van der Waals surface area contributed by atoms with Crippen LogP contribution in [0.3, 0.4) is 0 Å². The van der Waals surface area contributed by atoms with E-state index in [-0.39, 0.29) is 29.3 Å². The maximum Gasteiger partial charge on any atom is 0.254 e. The Labute approximate surface area is 144 Å². The molecule has 3 heterocycles. The van der Waals surface area contributed by atoms with Crippen LogP contribution in [0, 0.1) is 0 Å². The van der Waals surface area contributed by atoms with E-state index < -0.39 is 0 Å². The molecule has 3 rings (SSSR count). The van der Waals surface area contributed by atoms with Gasteiger partial charge in [-0.2, -0.15) is 0 Å². The molecule has 0 unspecified atom stereocenters. The smallest absolute Gasteiger partial charge is 0.254 e. The third kappa shape index (κ3) is 3.51. The SMILES string of the molecule is CC(C)(C)c1cc(=O)n2c(n1)SC[C@@H]2CC(=O)Nc1cccnc1. The first-order chi connectivity index (χ1) is 11.3. The molecule has 0 aromatic carbocycles. The quantitative estimate of drug-likeness (QED) is 0.866. The van der Waals surface area contributed by atoms with Gasteiger partial charge in [0.2, 0.25) is 5.91 Å². The molecular formula is C17H20N4O2S. The standard InChI is InChI=1S/C17H20N4O2S/c1-17(2,3)13-8-15(23)21-12(10-24-16(21)20-13)7-14(22)19-11-5-4-6-18-9-11/h4-6,8-9,12H,7,10H2,1-3H3,(H,19,22)/t12-/m0/s1. The summed E-state index contributed by atoms with van der Waals surface area (Å²) >= 11 is 1.53. The molecule has 1 atom stereocenters. The van der Waals surface area contributed by atoms with Crippen molar-refractivity contribution in [1.82, 2.24) is 14.5 Å². The van der Waals surface area contributed by atoms with E-state index >= 15 is 0 Å². The molecule has 0 bridgehead atoms. The summed E-state index contributed by atoms with van der Waals surface area (Å²) in [5.74, 6) is 0.546. The Morgan fingerprint density at radius 2 is 2.25 bits per heavy atom. The molecular weight excluding hydrogens is 324 g/mol. The van der Waals surface area contributed by atoms with Crippen molar-refractivity contribution in [2.75, 3.05) is 11.1 Å². The van der Waals surface area contributed by atoms with Crippen LogP contribution in [0.2, 0.25) is 0 Å². The van der Waals surface area contributed by atoms with Crippen LogP contribution < -0.4 is 10.9 Å². The third-order valence-corrected chi connectivity index (χ3v) is 4.92. The number of aromatic nitrogens is 3. The Morgan fingerprint density at radius 1 is 1.46 bits per heavy atom. The molecule has 0 saturated heterocycles. The maximum absolute atomic E-state index is 12.5. The highest BCUT2D eigenvalue weighted by atomic mass is 32.2. The van der Waals surface area contributed by atoms with Crippen molar-refractivity contribution in [2.24, 2.45) is 0 Å². The third-order valence-electron chi connectivity index (χ3n) is 3.82. The number of amides is 1. The van der Waals surface area contributed by atoms with E-state index in [4.69, 9.17) is 0 Å². The summed E-state index contributed by atoms with van der Waals surface area (Å²) in [4.78, 5) is 33.3. The van der Waals surface area contributed by atoms with Gasteiger partial charge in [-0.25, -0.2) is 4.98 Å². The number of thioether (sulfide) groups is 1. The van der Waals surface area contributed by atoms with Crippen molar-refractivity contribution in [2.45, 2.75) is 43.8 Å². The van der Waals surface area contributed by atoms with Crippen molar-refractivity contribution >= 4 is 23.4 Å². The molecule has 1 N–H and O–H groups in total. The van der Waals surface area contributed by atoms with Gasteiger partial charge in [-0.1, -0.05) is 32.5 Å². The molecule has 1 aliphatic rings. The summed E-state index contributed by atoms with van der Waals surface area (Å²) in [7, 11) is 0. The molecule has 126 valence electrons. The predicted octanol–water partition coefficient (Wildman–Crippen LogP) is 2.61. The fraction of sp³-hybridized carbons (Fsp3) is 0.412. The molecule has 0 radical (unpaired) electrons. The lowest BCUT2D eigenvalue weighted by Crippen LogP contribution is -2.29. The number of nitrogens with zero attached hydrogens (tertiary/aromatic N) is 3. The highest BCUT2D eigenvalue weighted by Crippen LogP contribution is 2.33. The Balaban J connectivity index is 1.78. The number of pyridine rings is 1. The fourth-order valence-corrected chi connectivity index (χ4v) is 3.70. The van der Waals surface area contributed by atoms with Crippen LogP contribution in [0.1, 0.15) is 38.9 Å². The number of carbonyl (C=O) groups excluding carboxylic acids is 1. The first-order valence-corrected chi connectivity index (χ1v) is 8.80. The maximum atomic E-state index is 12.5. The lowest BCUT2D eigenvalue weighted by Gasteiger charge is -2.19. The van der Waals surface area contributed by atoms with E-state index in [9.17, 15) is 9.59 Å². The van der Waals surface area contributed by atoms with Gasteiger partial charge < -0.3 is 5.32 Å². The molecule has 0 spiro atoms. The highest BCUT2D eigenvalue weighted by molar-refractivity contribution is 7.99. The lowest BCUT2D eigenvalue weighted by atomic mass is 9.92. The topological polar surface area (TPSA) is 76.9 Å². The Bertz CT molecular complexity index is 812. The zero-order chi connectivity index (χ0) is 17.3. The van der Waals surface area contributed by atoms with Crippen molar-refractivity contribution in [3.8, 4) is 0 Å². The van der Waals surface area contributed by atoms with Gasteiger partial charge in [0.05, 0.1) is 23.6 Å². The zero-order valence-corrected chi connectivity index (χ0v) is 14.8. The predicted molar refractivity (Wildman–Crippen MR) is 94.4 cm³/mol. The second kappa shape index (κ2) is 6.39. The van der Waals surface area contributed by atoms with Crippen molar-refractivity contribution < 1.29 is 4.79 Å². The van der Waals surface area contributed by atoms with Gasteiger partial charge in [-0.05, 0) is 12.1 Å². The van der Waals surface area contributed by atoms with E-state index in [1.54, 1.807) is 35.2 Å². The number of rotatable bonds is 3. The lowest BCUT2D eigenvalue weighted by molar-refractivity contribution is -0.116. The Hall–Kier alpha value is -2.15. The van der Waals surface area contributed by atoms with Gasteiger partial charge >= 0.3 is 0 Å². The van der Waals surface area contributed by atoms with Gasteiger partial charge in [0.15, 0.2) is 5.16 Å². The minimum atomic E-state index is -0.176. The number of nitrogens with one attached hydrogen (secondary N) is 1. The monoisotopic (exact) mass is 344 g/mol. The average Bonchev–Trinajstić information content (AvgIpc) is 2.90. The van der Waals surface area contributed by atoms with Crippen LogP contribution in [-0.2, 0) is 10.2 Å². The minimum Gasteiger partial charge on any atom is -0.325 e. The number of hydrogen-bond acceptors (Lipinski definition) is 5. The van der Waals surface area contributed by atoms with Gasteiger partial charge in [-0.15, -0.1) is 0 Å². The van der Waals surface area contributed by atoms with Crippen LogP contribution >= 0.6 is 11.8 Å². The van der Waals surface area contributed by atoms with E-state index in [1.165, 1.54) is 11.8 Å². The van der Waals surface area contributed by atoms with E-state index in [1.807, 2.05) is 20.8 Å². The van der Waals surface area contributed by atoms with Crippen molar-refractivity contribution in [1.29, 1.82) is 0 Å². The summed E-state index contributed by atoms with van der Waals surface area (Å²) in [6.07, 6.45) is 3.49. The summed E-state index contributed by atoms with van der Waals surface area (Å²) in [6, 6.07) is 4.96. The number of anilines is 1. The van der Waals surface area contributed by atoms with Gasteiger partial charge in [0, 0.05) is 29.9 Å². The van der Waals surface area contributed by atoms with Crippen molar-refractivity contribution in [3.63, 3.8) is 0 Å². The molecule has 0 saturated carbocycles.